The quantitative estimate of drug-likeness (QED) is 0.523. The number of rotatable bonds is 7. The Labute approximate surface area is 168 Å². The molecule has 1 amide bonds. The third-order valence-electron chi connectivity index (χ3n) is 5.78. The minimum atomic E-state index is -3.57. The summed E-state index contributed by atoms with van der Waals surface area (Å²) in [4.78, 5) is 13.9. The number of nitrogens with one attached hydrogen (secondary N) is 2. The molecule has 0 radical (unpaired) electrons. The van der Waals surface area contributed by atoms with E-state index in [1.807, 2.05) is 13.8 Å². The number of carbonyl (C=O) groups excluding carboxylic acids is 1. The van der Waals surface area contributed by atoms with Crippen molar-refractivity contribution in [1.82, 2.24) is 9.73 Å². The smallest absolute Gasteiger partial charge is 0.271 e. The van der Waals surface area contributed by atoms with Crippen LogP contribution in [0.5, 0.6) is 0 Å². The van der Waals surface area contributed by atoms with Crippen LogP contribution in [0.25, 0.3) is 0 Å². The fourth-order valence-corrected chi connectivity index (χ4v) is 4.62. The highest BCUT2D eigenvalue weighted by Gasteiger charge is 2.31. The molecule has 1 heterocycles. The van der Waals surface area contributed by atoms with E-state index in [4.69, 9.17) is 0 Å². The number of hydrazone groups is 1. The van der Waals surface area contributed by atoms with Crippen LogP contribution in [0, 0.1) is 5.92 Å². The molecule has 0 bridgehead atoms. The molecule has 2 rings (SSSR count). The molecule has 1 atom stereocenters. The summed E-state index contributed by atoms with van der Waals surface area (Å²) >= 11 is 0. The van der Waals surface area contributed by atoms with Gasteiger partial charge in [0.25, 0.3) is 5.91 Å². The van der Waals surface area contributed by atoms with Gasteiger partial charge < -0.3 is 4.90 Å². The highest BCUT2D eigenvalue weighted by molar-refractivity contribution is 7.89. The largest absolute Gasteiger partial charge is 0.337 e. The summed E-state index contributed by atoms with van der Waals surface area (Å²) in [6, 6.07) is 6.07. The second-order valence-electron chi connectivity index (χ2n) is 7.74. The van der Waals surface area contributed by atoms with Crippen LogP contribution >= 0.6 is 0 Å². The van der Waals surface area contributed by atoms with Crippen LogP contribution < -0.4 is 10.3 Å². The Morgan fingerprint density at radius 2 is 1.86 bits per heavy atom. The van der Waals surface area contributed by atoms with Gasteiger partial charge in [0.15, 0.2) is 0 Å². The SMILES string of the molecule is CC[C@H](C)/C(C)=N\NC(=O)c1ccc(S(=O)(=O)N(C)C2CC[NH+](C)CC2)cc1. The Balaban J connectivity index is 2.07. The third kappa shape index (κ3) is 5.40. The minimum Gasteiger partial charge on any atom is -0.337 e. The minimum absolute atomic E-state index is 0.0227. The lowest BCUT2D eigenvalue weighted by Crippen LogP contribution is -3.10. The monoisotopic (exact) mass is 409 g/mol. The van der Waals surface area contributed by atoms with Crippen molar-refractivity contribution in [3.05, 3.63) is 29.8 Å². The molecule has 156 valence electrons. The maximum absolute atomic E-state index is 12.9. The Morgan fingerprint density at radius 3 is 2.39 bits per heavy atom. The Bertz CT molecular complexity index is 797. The molecule has 1 aliphatic heterocycles. The number of amides is 1. The van der Waals surface area contributed by atoms with E-state index in [9.17, 15) is 13.2 Å². The predicted molar refractivity (Wildman–Crippen MR) is 111 cm³/mol. The lowest BCUT2D eigenvalue weighted by molar-refractivity contribution is -0.885. The van der Waals surface area contributed by atoms with E-state index in [2.05, 4.69) is 24.5 Å². The fourth-order valence-electron chi connectivity index (χ4n) is 3.21. The Kier molecular flexibility index (Phi) is 7.74. The number of benzene rings is 1. The number of quaternary nitrogens is 1. The molecule has 7 nitrogen and oxygen atoms in total. The fraction of sp³-hybridized carbons (Fsp3) is 0.600. The van der Waals surface area contributed by atoms with E-state index in [-0.39, 0.29) is 16.8 Å². The lowest BCUT2D eigenvalue weighted by Gasteiger charge is -2.32. The van der Waals surface area contributed by atoms with Gasteiger partial charge >= 0.3 is 0 Å². The summed E-state index contributed by atoms with van der Waals surface area (Å²) in [6.07, 6.45) is 2.66. The molecule has 1 fully saturated rings. The van der Waals surface area contributed by atoms with Gasteiger partial charge in [-0.15, -0.1) is 0 Å². The van der Waals surface area contributed by atoms with Crippen LogP contribution in [-0.2, 0) is 10.0 Å². The van der Waals surface area contributed by atoms with Gasteiger partial charge in [-0.3, -0.25) is 4.79 Å². The van der Waals surface area contributed by atoms with Gasteiger partial charge in [-0.25, -0.2) is 13.8 Å². The zero-order chi connectivity index (χ0) is 20.9. The standard InChI is InChI=1S/C20H32N4O3S/c1-6-15(2)16(3)21-22-20(25)17-7-9-19(10-8-17)28(26,27)24(5)18-11-13-23(4)14-12-18/h7-10,15,18H,6,11-14H2,1-5H3,(H,22,25)/p+1/b21-16-/t15-/m0/s1. The van der Waals surface area contributed by atoms with E-state index in [1.165, 1.54) is 33.5 Å². The summed E-state index contributed by atoms with van der Waals surface area (Å²) < 4.78 is 27.3. The molecule has 0 aliphatic carbocycles. The molecule has 1 aromatic rings. The van der Waals surface area contributed by atoms with Crippen molar-refractivity contribution in [1.29, 1.82) is 0 Å². The normalized spacial score (nSPS) is 22.1. The topological polar surface area (TPSA) is 83.3 Å². The van der Waals surface area contributed by atoms with E-state index < -0.39 is 10.0 Å². The first-order valence-corrected chi connectivity index (χ1v) is 11.3. The molecule has 0 aromatic heterocycles. The van der Waals surface area contributed by atoms with Gasteiger partial charge in [0, 0.05) is 37.2 Å². The summed E-state index contributed by atoms with van der Waals surface area (Å²) in [5.41, 5.74) is 3.78. The van der Waals surface area contributed by atoms with Gasteiger partial charge in [0.2, 0.25) is 10.0 Å². The summed E-state index contributed by atoms with van der Waals surface area (Å²) in [5, 5.41) is 4.13. The van der Waals surface area contributed by atoms with Gasteiger partial charge in [-0.05, 0) is 43.5 Å². The molecule has 2 N–H and O–H groups in total. The number of carbonyl (C=O) groups is 1. The first-order valence-electron chi connectivity index (χ1n) is 9.90. The van der Waals surface area contributed by atoms with Gasteiger partial charge in [-0.1, -0.05) is 13.8 Å². The Morgan fingerprint density at radius 1 is 1.29 bits per heavy atom. The zero-order valence-corrected chi connectivity index (χ0v) is 18.3. The second-order valence-corrected chi connectivity index (χ2v) is 9.73. The predicted octanol–water partition coefficient (Wildman–Crippen LogP) is 1.14. The zero-order valence-electron chi connectivity index (χ0n) is 17.5. The highest BCUT2D eigenvalue weighted by atomic mass is 32.2. The van der Waals surface area contributed by atoms with Crippen molar-refractivity contribution in [2.45, 2.75) is 51.0 Å². The maximum atomic E-state index is 12.9. The van der Waals surface area contributed by atoms with E-state index in [0.29, 0.717) is 11.5 Å². The molecule has 0 spiro atoms. The number of hydrogen-bond acceptors (Lipinski definition) is 4. The van der Waals surface area contributed by atoms with Crippen molar-refractivity contribution in [3.63, 3.8) is 0 Å². The molecule has 1 aliphatic rings. The van der Waals surface area contributed by atoms with Crippen molar-refractivity contribution >= 4 is 21.6 Å². The van der Waals surface area contributed by atoms with E-state index in [0.717, 1.165) is 38.1 Å². The molecule has 0 unspecified atom stereocenters. The van der Waals surface area contributed by atoms with E-state index in [1.54, 1.807) is 7.05 Å². The third-order valence-corrected chi connectivity index (χ3v) is 7.70. The summed E-state index contributed by atoms with van der Waals surface area (Å²) in [6.45, 7) is 7.94. The summed E-state index contributed by atoms with van der Waals surface area (Å²) in [5.74, 6) is -0.0530. The molecule has 1 saturated heterocycles. The molecular weight excluding hydrogens is 376 g/mol. The van der Waals surface area contributed by atoms with Crippen LogP contribution in [-0.4, -0.2) is 57.6 Å². The van der Waals surface area contributed by atoms with Crippen molar-refractivity contribution in [2.75, 3.05) is 27.2 Å². The maximum Gasteiger partial charge on any atom is 0.271 e. The first kappa shape index (κ1) is 22.5. The van der Waals surface area contributed by atoms with Crippen LogP contribution in [0.3, 0.4) is 0 Å². The Hall–Kier alpha value is -1.77. The average Bonchev–Trinajstić information content (AvgIpc) is 2.71. The van der Waals surface area contributed by atoms with Gasteiger partial charge in [0.05, 0.1) is 25.0 Å². The van der Waals surface area contributed by atoms with Gasteiger partial charge in [-0.2, -0.15) is 9.41 Å². The molecular formula is C20H33N4O3S+. The molecule has 8 heteroatoms. The van der Waals surface area contributed by atoms with Crippen molar-refractivity contribution in [3.8, 4) is 0 Å². The number of piperidine rings is 1. The second kappa shape index (κ2) is 9.62. The van der Waals surface area contributed by atoms with Crippen LogP contribution in [0.4, 0.5) is 0 Å². The van der Waals surface area contributed by atoms with Gasteiger partial charge in [0.1, 0.15) is 0 Å². The summed E-state index contributed by atoms with van der Waals surface area (Å²) in [7, 11) is 0.200. The van der Waals surface area contributed by atoms with Crippen LogP contribution in [0.15, 0.2) is 34.3 Å². The van der Waals surface area contributed by atoms with Crippen molar-refractivity contribution < 1.29 is 18.1 Å². The molecule has 1 aromatic carbocycles. The van der Waals surface area contributed by atoms with Crippen LogP contribution in [0.2, 0.25) is 0 Å². The molecule has 0 saturated carbocycles. The highest BCUT2D eigenvalue weighted by Crippen LogP contribution is 2.20. The van der Waals surface area contributed by atoms with Crippen LogP contribution in [0.1, 0.15) is 50.4 Å². The first-order chi connectivity index (χ1) is 13.2. The number of hydrogen-bond donors (Lipinski definition) is 2. The number of nitrogens with zero attached hydrogens (tertiary/aromatic N) is 2. The average molecular weight is 410 g/mol. The van der Waals surface area contributed by atoms with E-state index >= 15 is 0 Å². The van der Waals surface area contributed by atoms with Crippen molar-refractivity contribution in [2.24, 2.45) is 11.0 Å². The lowest BCUT2D eigenvalue weighted by atomic mass is 10.1. The number of sulfonamides is 1. The number of likely N-dealkylation sites (tertiary alicyclic amines) is 1. The molecule has 28 heavy (non-hydrogen) atoms.